The first-order chi connectivity index (χ1) is 9.11. The Labute approximate surface area is 121 Å². The topological polar surface area (TPSA) is 71.3 Å². The maximum absolute atomic E-state index is 11.8. The molecule has 0 atom stereocenters. The van der Waals surface area contributed by atoms with Crippen molar-refractivity contribution in [2.75, 3.05) is 18.0 Å². The number of aromatic nitrogens is 2. The molecular formula is C11H11BrN4O2S. The molecule has 0 bridgehead atoms. The van der Waals surface area contributed by atoms with Crippen LogP contribution in [0.25, 0.3) is 0 Å². The van der Waals surface area contributed by atoms with E-state index in [1.807, 2.05) is 6.92 Å². The van der Waals surface area contributed by atoms with Gasteiger partial charge < -0.3 is 14.6 Å². The molecule has 3 rings (SSSR count). The van der Waals surface area contributed by atoms with E-state index in [4.69, 9.17) is 4.42 Å². The van der Waals surface area contributed by atoms with Crippen molar-refractivity contribution in [3.05, 3.63) is 27.6 Å². The molecule has 1 saturated heterocycles. The minimum Gasteiger partial charge on any atom is -0.444 e. The van der Waals surface area contributed by atoms with E-state index in [0.717, 1.165) is 23.2 Å². The highest BCUT2D eigenvalue weighted by Gasteiger charge is 2.31. The summed E-state index contributed by atoms with van der Waals surface area (Å²) in [4.78, 5) is 13.9. The molecule has 2 aromatic rings. The van der Waals surface area contributed by atoms with E-state index in [9.17, 15) is 4.79 Å². The zero-order chi connectivity index (χ0) is 13.4. The standard InChI is InChI=1S/C11H11BrN4O2S/c1-6-14-15-11(19-6)16-4-7(5-16)13-10(17)8-2-3-9(12)18-8/h2-3,7H,4-5H2,1H3,(H,13,17). The first kappa shape index (κ1) is 12.6. The Kier molecular flexibility index (Phi) is 3.28. The third kappa shape index (κ3) is 2.64. The normalized spacial score (nSPS) is 15.4. The van der Waals surface area contributed by atoms with Gasteiger partial charge in [-0.25, -0.2) is 0 Å². The van der Waals surface area contributed by atoms with Crippen LogP contribution in [0.15, 0.2) is 21.2 Å². The van der Waals surface area contributed by atoms with Gasteiger partial charge in [0.25, 0.3) is 5.91 Å². The molecule has 2 aromatic heterocycles. The molecule has 3 heterocycles. The van der Waals surface area contributed by atoms with E-state index >= 15 is 0 Å². The molecule has 0 aliphatic carbocycles. The zero-order valence-electron chi connectivity index (χ0n) is 10.1. The van der Waals surface area contributed by atoms with Gasteiger partial charge in [-0.15, -0.1) is 10.2 Å². The smallest absolute Gasteiger partial charge is 0.287 e. The number of aryl methyl sites for hydroxylation is 1. The van der Waals surface area contributed by atoms with Gasteiger partial charge in [0.2, 0.25) is 5.13 Å². The SMILES string of the molecule is Cc1nnc(N2CC(NC(=O)c3ccc(Br)o3)C2)s1. The Morgan fingerprint density at radius 3 is 2.89 bits per heavy atom. The molecule has 19 heavy (non-hydrogen) atoms. The number of halogens is 1. The minimum atomic E-state index is -0.191. The van der Waals surface area contributed by atoms with Crippen molar-refractivity contribution >= 4 is 38.3 Å². The third-order valence-corrected chi connectivity index (χ3v) is 4.13. The summed E-state index contributed by atoms with van der Waals surface area (Å²) in [5, 5.41) is 12.8. The van der Waals surface area contributed by atoms with Gasteiger partial charge in [-0.05, 0) is 35.0 Å². The van der Waals surface area contributed by atoms with Crippen LogP contribution in [0.1, 0.15) is 15.6 Å². The lowest BCUT2D eigenvalue weighted by atomic mass is 10.1. The summed E-state index contributed by atoms with van der Waals surface area (Å²) < 4.78 is 5.75. The van der Waals surface area contributed by atoms with E-state index in [0.29, 0.717) is 10.4 Å². The molecule has 100 valence electrons. The number of hydrogen-bond acceptors (Lipinski definition) is 6. The van der Waals surface area contributed by atoms with Crippen LogP contribution in [0.2, 0.25) is 0 Å². The average molecular weight is 343 g/mol. The molecule has 0 saturated carbocycles. The van der Waals surface area contributed by atoms with Crippen LogP contribution < -0.4 is 10.2 Å². The third-order valence-electron chi connectivity index (χ3n) is 2.80. The number of hydrogen-bond donors (Lipinski definition) is 1. The largest absolute Gasteiger partial charge is 0.444 e. The fourth-order valence-electron chi connectivity index (χ4n) is 1.83. The highest BCUT2D eigenvalue weighted by Crippen LogP contribution is 2.24. The van der Waals surface area contributed by atoms with Crippen molar-refractivity contribution in [3.63, 3.8) is 0 Å². The first-order valence-electron chi connectivity index (χ1n) is 5.73. The molecule has 0 aromatic carbocycles. The molecule has 6 nitrogen and oxygen atoms in total. The molecule has 1 fully saturated rings. The predicted octanol–water partition coefficient (Wildman–Crippen LogP) is 1.82. The zero-order valence-corrected chi connectivity index (χ0v) is 12.5. The van der Waals surface area contributed by atoms with Crippen LogP contribution in [0.4, 0.5) is 5.13 Å². The quantitative estimate of drug-likeness (QED) is 0.921. The molecule has 1 aliphatic rings. The number of nitrogens with zero attached hydrogens (tertiary/aromatic N) is 3. The van der Waals surface area contributed by atoms with Crippen molar-refractivity contribution in [2.45, 2.75) is 13.0 Å². The van der Waals surface area contributed by atoms with Gasteiger partial charge in [-0.3, -0.25) is 4.79 Å². The average Bonchev–Trinajstić information content (AvgIpc) is 2.92. The van der Waals surface area contributed by atoms with Crippen molar-refractivity contribution in [3.8, 4) is 0 Å². The van der Waals surface area contributed by atoms with Gasteiger partial charge in [0.1, 0.15) is 5.01 Å². The number of nitrogens with one attached hydrogen (secondary N) is 1. The van der Waals surface area contributed by atoms with Gasteiger partial charge >= 0.3 is 0 Å². The van der Waals surface area contributed by atoms with Crippen LogP contribution in [0.3, 0.4) is 0 Å². The summed E-state index contributed by atoms with van der Waals surface area (Å²) in [7, 11) is 0. The number of furan rings is 1. The van der Waals surface area contributed by atoms with Crippen molar-refractivity contribution < 1.29 is 9.21 Å². The van der Waals surface area contributed by atoms with Gasteiger partial charge in [0.15, 0.2) is 10.4 Å². The molecule has 1 aliphatic heterocycles. The highest BCUT2D eigenvalue weighted by atomic mass is 79.9. The van der Waals surface area contributed by atoms with E-state index in [2.05, 4.69) is 36.3 Å². The van der Waals surface area contributed by atoms with E-state index in [-0.39, 0.29) is 11.9 Å². The summed E-state index contributed by atoms with van der Waals surface area (Å²) in [6.07, 6.45) is 0. The van der Waals surface area contributed by atoms with Gasteiger partial charge in [0.05, 0.1) is 6.04 Å². The maximum atomic E-state index is 11.8. The molecule has 0 unspecified atom stereocenters. The molecule has 1 N–H and O–H groups in total. The number of rotatable bonds is 3. The molecule has 8 heteroatoms. The second kappa shape index (κ2) is 4.93. The molecule has 0 spiro atoms. The van der Waals surface area contributed by atoms with Gasteiger partial charge in [-0.1, -0.05) is 11.3 Å². The summed E-state index contributed by atoms with van der Waals surface area (Å²) in [5.41, 5.74) is 0. The summed E-state index contributed by atoms with van der Waals surface area (Å²) in [6, 6.07) is 3.47. The Balaban J connectivity index is 1.53. The lowest BCUT2D eigenvalue weighted by molar-refractivity contribution is 0.0901. The van der Waals surface area contributed by atoms with Crippen LogP contribution in [0.5, 0.6) is 0 Å². The Hall–Kier alpha value is -1.41. The Morgan fingerprint density at radius 2 is 2.32 bits per heavy atom. The number of anilines is 1. The van der Waals surface area contributed by atoms with E-state index in [1.165, 1.54) is 0 Å². The molecular weight excluding hydrogens is 332 g/mol. The van der Waals surface area contributed by atoms with Crippen molar-refractivity contribution in [1.29, 1.82) is 0 Å². The highest BCUT2D eigenvalue weighted by molar-refractivity contribution is 9.10. The number of carbonyl (C=O) groups is 1. The fraction of sp³-hybridized carbons (Fsp3) is 0.364. The van der Waals surface area contributed by atoms with Gasteiger partial charge in [0, 0.05) is 13.1 Å². The Morgan fingerprint density at radius 1 is 1.53 bits per heavy atom. The van der Waals surface area contributed by atoms with E-state index < -0.39 is 0 Å². The lowest BCUT2D eigenvalue weighted by Gasteiger charge is -2.38. The van der Waals surface area contributed by atoms with Crippen LogP contribution in [-0.2, 0) is 0 Å². The van der Waals surface area contributed by atoms with Crippen LogP contribution in [0, 0.1) is 6.92 Å². The van der Waals surface area contributed by atoms with E-state index in [1.54, 1.807) is 23.5 Å². The van der Waals surface area contributed by atoms with Crippen molar-refractivity contribution in [2.24, 2.45) is 0 Å². The monoisotopic (exact) mass is 342 g/mol. The number of amides is 1. The van der Waals surface area contributed by atoms with Crippen molar-refractivity contribution in [1.82, 2.24) is 15.5 Å². The molecule has 1 amide bonds. The fourth-order valence-corrected chi connectivity index (χ4v) is 2.85. The minimum absolute atomic E-state index is 0.126. The summed E-state index contributed by atoms with van der Waals surface area (Å²) >= 11 is 4.73. The van der Waals surface area contributed by atoms with Gasteiger partial charge in [-0.2, -0.15) is 0 Å². The second-order valence-electron chi connectivity index (χ2n) is 4.28. The lowest BCUT2D eigenvalue weighted by Crippen LogP contribution is -2.59. The summed E-state index contributed by atoms with van der Waals surface area (Å²) in [6.45, 7) is 3.43. The second-order valence-corrected chi connectivity index (χ2v) is 6.22. The number of carbonyl (C=O) groups excluding carboxylic acids is 1. The Bertz CT molecular complexity index is 605. The maximum Gasteiger partial charge on any atom is 0.287 e. The van der Waals surface area contributed by atoms with Crippen LogP contribution >= 0.6 is 27.3 Å². The van der Waals surface area contributed by atoms with Crippen LogP contribution in [-0.4, -0.2) is 35.2 Å². The molecule has 0 radical (unpaired) electrons. The first-order valence-corrected chi connectivity index (χ1v) is 7.34. The predicted molar refractivity (Wildman–Crippen MR) is 74.5 cm³/mol. The summed E-state index contributed by atoms with van der Waals surface area (Å²) in [5.74, 6) is 0.126.